The van der Waals surface area contributed by atoms with E-state index in [0.717, 1.165) is 5.56 Å². The molecule has 2 heterocycles. The molecule has 3 rings (SSSR count). The number of nitrogens with zero attached hydrogens (tertiary/aromatic N) is 4. The Labute approximate surface area is 178 Å². The van der Waals surface area contributed by atoms with Crippen LogP contribution in [0.25, 0.3) is 0 Å². The van der Waals surface area contributed by atoms with Gasteiger partial charge in [-0.1, -0.05) is 34.4 Å². The van der Waals surface area contributed by atoms with Gasteiger partial charge in [-0.2, -0.15) is 5.10 Å². The van der Waals surface area contributed by atoms with Crippen molar-refractivity contribution in [2.24, 2.45) is 0 Å². The van der Waals surface area contributed by atoms with Crippen molar-refractivity contribution in [3.63, 3.8) is 0 Å². The van der Waals surface area contributed by atoms with Gasteiger partial charge < -0.3 is 15.4 Å². The molecule has 0 atom stereocenters. The number of aromatic nitrogens is 4. The second kappa shape index (κ2) is 7.97. The Hall–Kier alpha value is -1.95. The van der Waals surface area contributed by atoms with Gasteiger partial charge in [-0.3, -0.25) is 9.48 Å². The second-order valence-electron chi connectivity index (χ2n) is 5.20. The first-order chi connectivity index (χ1) is 12.8. The Kier molecular flexibility index (Phi) is 5.84. The molecule has 2 aromatic heterocycles. The molecule has 0 aliphatic heterocycles. The van der Waals surface area contributed by atoms with Gasteiger partial charge in [0.05, 0.1) is 11.0 Å². The number of amides is 1. The molecule has 0 saturated carbocycles. The molecule has 0 spiro atoms. The predicted molar refractivity (Wildman–Crippen MR) is 106 cm³/mol. The zero-order chi connectivity index (χ0) is 19.7. The van der Waals surface area contributed by atoms with E-state index < -0.39 is 16.6 Å². The quantitative estimate of drug-likeness (QED) is 0.362. The summed E-state index contributed by atoms with van der Waals surface area (Å²) >= 11 is 18.3. The topological polar surface area (TPSA) is 119 Å². The second-order valence-corrected chi connectivity index (χ2v) is 7.70. The van der Waals surface area contributed by atoms with Crippen LogP contribution in [0.5, 0.6) is 0 Å². The summed E-state index contributed by atoms with van der Waals surface area (Å²) in [5.41, 5.74) is 0.628. The minimum Gasteiger partial charge on any atom is -0.358 e. The number of halogens is 4. The number of carbonyl (C=O) groups excluding carboxylic acids is 1. The van der Waals surface area contributed by atoms with Crippen LogP contribution in [-0.4, -0.2) is 30.8 Å². The fourth-order valence-electron chi connectivity index (χ4n) is 2.14. The predicted octanol–water partition coefficient (Wildman–Crippen LogP) is 4.65. The summed E-state index contributed by atoms with van der Waals surface area (Å²) < 4.78 is 2.03. The molecular formula is C14H8Br2Cl2N6O3. The summed E-state index contributed by atoms with van der Waals surface area (Å²) in [6.07, 6.45) is 1.66. The average molecular weight is 539 g/mol. The van der Waals surface area contributed by atoms with Gasteiger partial charge in [-0.25, -0.2) is 0 Å². The van der Waals surface area contributed by atoms with Gasteiger partial charge in [0.2, 0.25) is 0 Å². The summed E-state index contributed by atoms with van der Waals surface area (Å²) in [6.45, 7) is 0.349. The minimum atomic E-state index is -0.686. The van der Waals surface area contributed by atoms with Crippen molar-refractivity contribution in [3.8, 4) is 0 Å². The number of nitrogens with one attached hydrogen (secondary N) is 2. The number of aromatic amines is 1. The Morgan fingerprint density at radius 1 is 1.37 bits per heavy atom. The van der Waals surface area contributed by atoms with Gasteiger partial charge in [-0.15, -0.1) is 5.10 Å². The Morgan fingerprint density at radius 3 is 2.74 bits per heavy atom. The summed E-state index contributed by atoms with van der Waals surface area (Å²) in [4.78, 5) is 22.5. The molecule has 27 heavy (non-hydrogen) atoms. The number of rotatable bonds is 5. The molecule has 0 aliphatic rings. The Bertz CT molecular complexity index is 1050. The SMILES string of the molecule is O=C(Nc1nn(Cc2ccc(Cl)cc2Cl)cc1Br)c1n[nH]c([N+](=O)[O-])c1Br. The molecule has 3 aromatic rings. The highest BCUT2D eigenvalue weighted by Gasteiger charge is 2.25. The van der Waals surface area contributed by atoms with E-state index in [2.05, 4.69) is 52.5 Å². The zero-order valence-electron chi connectivity index (χ0n) is 13.0. The number of nitro groups is 1. The summed E-state index contributed by atoms with van der Waals surface area (Å²) in [6, 6.07) is 5.12. The smallest absolute Gasteiger partial charge is 0.357 e. The summed E-state index contributed by atoms with van der Waals surface area (Å²) in [5.74, 6) is -0.855. The van der Waals surface area contributed by atoms with Gasteiger partial charge in [-0.05, 0) is 54.5 Å². The molecule has 0 bridgehead atoms. The van der Waals surface area contributed by atoms with Gasteiger partial charge in [0.15, 0.2) is 11.5 Å². The summed E-state index contributed by atoms with van der Waals surface area (Å²) in [5, 5.41) is 24.5. The third kappa shape index (κ3) is 4.32. The maximum absolute atomic E-state index is 12.3. The number of anilines is 1. The van der Waals surface area contributed by atoms with E-state index in [1.807, 2.05) is 0 Å². The normalized spacial score (nSPS) is 10.8. The largest absolute Gasteiger partial charge is 0.358 e. The number of carbonyl (C=O) groups is 1. The van der Waals surface area contributed by atoms with Crippen LogP contribution < -0.4 is 5.32 Å². The molecule has 1 amide bonds. The van der Waals surface area contributed by atoms with Gasteiger partial charge in [0, 0.05) is 16.2 Å². The van der Waals surface area contributed by atoms with Crippen LogP contribution in [-0.2, 0) is 6.54 Å². The van der Waals surface area contributed by atoms with Crippen molar-refractivity contribution < 1.29 is 9.72 Å². The van der Waals surface area contributed by atoms with Gasteiger partial charge in [0.25, 0.3) is 5.91 Å². The number of hydrogen-bond acceptors (Lipinski definition) is 5. The molecule has 0 saturated heterocycles. The lowest BCUT2D eigenvalue weighted by atomic mass is 10.2. The van der Waals surface area contributed by atoms with E-state index in [0.29, 0.717) is 21.1 Å². The first kappa shape index (κ1) is 19.8. The monoisotopic (exact) mass is 536 g/mol. The lowest BCUT2D eigenvalue weighted by molar-refractivity contribution is -0.390. The highest BCUT2D eigenvalue weighted by molar-refractivity contribution is 9.11. The highest BCUT2D eigenvalue weighted by Crippen LogP contribution is 2.28. The molecule has 1 aromatic carbocycles. The Morgan fingerprint density at radius 2 is 2.11 bits per heavy atom. The van der Waals surface area contributed by atoms with Crippen LogP contribution in [0, 0.1) is 10.1 Å². The number of hydrogen-bond donors (Lipinski definition) is 2. The third-order valence-corrected chi connectivity index (χ3v) is 5.30. The maximum atomic E-state index is 12.3. The van der Waals surface area contributed by atoms with Crippen LogP contribution in [0.3, 0.4) is 0 Å². The van der Waals surface area contributed by atoms with Crippen molar-refractivity contribution in [2.75, 3.05) is 5.32 Å². The molecular weight excluding hydrogens is 531 g/mol. The van der Waals surface area contributed by atoms with Crippen molar-refractivity contribution in [3.05, 3.63) is 64.8 Å². The zero-order valence-corrected chi connectivity index (χ0v) is 17.7. The van der Waals surface area contributed by atoms with E-state index in [9.17, 15) is 14.9 Å². The van der Waals surface area contributed by atoms with Crippen LogP contribution in [0.4, 0.5) is 11.6 Å². The van der Waals surface area contributed by atoms with Crippen LogP contribution >= 0.6 is 55.1 Å². The van der Waals surface area contributed by atoms with E-state index >= 15 is 0 Å². The molecule has 0 aliphatic carbocycles. The lowest BCUT2D eigenvalue weighted by Crippen LogP contribution is -2.14. The minimum absolute atomic E-state index is 0.0477. The maximum Gasteiger partial charge on any atom is 0.357 e. The molecule has 9 nitrogen and oxygen atoms in total. The van der Waals surface area contributed by atoms with Crippen molar-refractivity contribution in [2.45, 2.75) is 6.54 Å². The fourth-order valence-corrected chi connectivity index (χ4v) is 3.53. The van der Waals surface area contributed by atoms with E-state index in [1.165, 1.54) is 0 Å². The first-order valence-electron chi connectivity index (χ1n) is 7.12. The van der Waals surface area contributed by atoms with Crippen LogP contribution in [0.1, 0.15) is 16.1 Å². The third-order valence-electron chi connectivity index (χ3n) is 3.38. The van der Waals surface area contributed by atoms with E-state index in [4.69, 9.17) is 23.2 Å². The van der Waals surface area contributed by atoms with E-state index in [-0.39, 0.29) is 16.0 Å². The van der Waals surface area contributed by atoms with E-state index in [1.54, 1.807) is 29.1 Å². The standard InChI is InChI=1S/C14H8Br2Cl2N6O3/c15-8-5-23(4-6-1-2-7(17)3-9(6)18)22-12(8)19-14(25)11-10(16)13(21-20-11)24(26)27/h1-3,5H,4H2,(H,20,21)(H,19,22,25). The van der Waals surface area contributed by atoms with Gasteiger partial charge in [0.1, 0.15) is 4.47 Å². The van der Waals surface area contributed by atoms with Crippen molar-refractivity contribution >= 4 is 72.6 Å². The van der Waals surface area contributed by atoms with Crippen LogP contribution in [0.15, 0.2) is 33.3 Å². The molecule has 0 radical (unpaired) electrons. The first-order valence-corrected chi connectivity index (χ1v) is 9.47. The van der Waals surface area contributed by atoms with Crippen molar-refractivity contribution in [1.29, 1.82) is 0 Å². The van der Waals surface area contributed by atoms with Gasteiger partial charge >= 0.3 is 5.82 Å². The van der Waals surface area contributed by atoms with Crippen LogP contribution in [0.2, 0.25) is 10.0 Å². The Balaban J connectivity index is 1.78. The number of benzene rings is 1. The molecule has 0 fully saturated rings. The highest BCUT2D eigenvalue weighted by atomic mass is 79.9. The fraction of sp³-hybridized carbons (Fsp3) is 0.0714. The molecule has 2 N–H and O–H groups in total. The lowest BCUT2D eigenvalue weighted by Gasteiger charge is -2.05. The molecule has 0 unspecified atom stereocenters. The number of H-pyrrole nitrogens is 1. The molecule has 13 heteroatoms. The average Bonchev–Trinajstić information content (AvgIpc) is 3.13. The summed E-state index contributed by atoms with van der Waals surface area (Å²) in [7, 11) is 0. The van der Waals surface area contributed by atoms with Crippen molar-refractivity contribution in [1.82, 2.24) is 20.0 Å². The molecule has 140 valence electrons.